The lowest BCUT2D eigenvalue weighted by atomic mass is 9.84. The molecule has 8 heteroatoms. The summed E-state index contributed by atoms with van der Waals surface area (Å²) in [5.41, 5.74) is 4.90. The van der Waals surface area contributed by atoms with Gasteiger partial charge in [0, 0.05) is 30.4 Å². The number of anilines is 1. The van der Waals surface area contributed by atoms with Gasteiger partial charge in [-0.25, -0.2) is 9.18 Å². The Morgan fingerprint density at radius 1 is 1.06 bits per heavy atom. The van der Waals surface area contributed by atoms with Gasteiger partial charge >= 0.3 is 6.03 Å². The van der Waals surface area contributed by atoms with Gasteiger partial charge in [0.05, 0.1) is 6.04 Å². The van der Waals surface area contributed by atoms with Crippen LogP contribution in [0.4, 0.5) is 14.9 Å². The van der Waals surface area contributed by atoms with Crippen molar-refractivity contribution >= 4 is 17.6 Å². The molecule has 3 unspecified atom stereocenters. The van der Waals surface area contributed by atoms with Crippen LogP contribution in [0.5, 0.6) is 0 Å². The summed E-state index contributed by atoms with van der Waals surface area (Å²) in [4.78, 5) is 26.9. The summed E-state index contributed by atoms with van der Waals surface area (Å²) in [5, 5.41) is 9.11. The Bertz CT molecular complexity index is 1140. The number of rotatable bonds is 2. The minimum atomic E-state index is -0.358. The summed E-state index contributed by atoms with van der Waals surface area (Å²) in [6, 6.07) is 6.59. The highest BCUT2D eigenvalue weighted by atomic mass is 19.1. The van der Waals surface area contributed by atoms with Crippen molar-refractivity contribution in [1.82, 2.24) is 20.5 Å². The van der Waals surface area contributed by atoms with Gasteiger partial charge in [-0.1, -0.05) is 13.8 Å². The molecule has 4 aliphatic rings. The second-order valence-electron chi connectivity index (χ2n) is 10.3. The van der Waals surface area contributed by atoms with E-state index >= 15 is 0 Å². The minimum absolute atomic E-state index is 0.0237. The number of benzene rings is 1. The van der Waals surface area contributed by atoms with E-state index in [9.17, 15) is 14.0 Å². The zero-order chi connectivity index (χ0) is 22.2. The fraction of sp³-hybridized carbons (Fsp3) is 0.500. The first-order valence-electron chi connectivity index (χ1n) is 11.4. The van der Waals surface area contributed by atoms with Crippen molar-refractivity contribution < 1.29 is 14.0 Å². The van der Waals surface area contributed by atoms with Crippen LogP contribution in [0.15, 0.2) is 24.3 Å². The van der Waals surface area contributed by atoms with Crippen LogP contribution in [0, 0.1) is 11.2 Å². The Morgan fingerprint density at radius 3 is 2.75 bits per heavy atom. The summed E-state index contributed by atoms with van der Waals surface area (Å²) in [7, 11) is 0. The normalized spacial score (nSPS) is 28.1. The summed E-state index contributed by atoms with van der Waals surface area (Å²) >= 11 is 0. The Morgan fingerprint density at radius 2 is 1.91 bits per heavy atom. The maximum absolute atomic E-state index is 14.7. The largest absolute Gasteiger partial charge is 0.339 e. The maximum atomic E-state index is 14.7. The average Bonchev–Trinajstić information content (AvgIpc) is 3.36. The Labute approximate surface area is 186 Å². The molecule has 0 radical (unpaired) electrons. The first kappa shape index (κ1) is 19.8. The molecule has 0 bridgehead atoms. The van der Waals surface area contributed by atoms with E-state index in [-0.39, 0.29) is 41.3 Å². The number of fused-ring (bicyclic) bond motifs is 4. The van der Waals surface area contributed by atoms with Crippen molar-refractivity contribution in [2.24, 2.45) is 5.41 Å². The number of nitrogens with zero attached hydrogens (tertiary/aromatic N) is 2. The van der Waals surface area contributed by atoms with Crippen molar-refractivity contribution in [3.05, 3.63) is 52.6 Å². The lowest BCUT2D eigenvalue weighted by Gasteiger charge is -2.35. The SMILES string of the molecule is CC1(C)Cc2cc3n(c2C1)CCN(c1cc(F)cc(C2CCNC4NC(=O)NC42)c1)C3=O. The molecular weight excluding hydrogens is 409 g/mol. The van der Waals surface area contributed by atoms with Crippen molar-refractivity contribution in [3.8, 4) is 0 Å². The molecule has 1 aromatic heterocycles. The van der Waals surface area contributed by atoms with Gasteiger partial charge in [-0.05, 0) is 66.6 Å². The molecule has 2 aromatic rings. The summed E-state index contributed by atoms with van der Waals surface area (Å²) in [6.45, 7) is 6.50. The first-order chi connectivity index (χ1) is 15.3. The molecule has 32 heavy (non-hydrogen) atoms. The molecule has 2 fully saturated rings. The molecule has 0 spiro atoms. The molecule has 0 saturated carbocycles. The number of halogens is 1. The zero-order valence-corrected chi connectivity index (χ0v) is 18.4. The molecule has 3 N–H and O–H groups in total. The molecule has 3 aliphatic heterocycles. The van der Waals surface area contributed by atoms with Gasteiger partial charge in [0.1, 0.15) is 17.7 Å². The van der Waals surface area contributed by atoms with Crippen LogP contribution in [0.25, 0.3) is 0 Å². The number of amides is 3. The Hall–Kier alpha value is -2.87. The molecular formula is C24H28FN5O2. The van der Waals surface area contributed by atoms with E-state index in [4.69, 9.17) is 0 Å². The van der Waals surface area contributed by atoms with Crippen LogP contribution >= 0.6 is 0 Å². The first-order valence-corrected chi connectivity index (χ1v) is 11.4. The van der Waals surface area contributed by atoms with Crippen LogP contribution in [-0.2, 0) is 19.4 Å². The number of piperidine rings is 1. The van der Waals surface area contributed by atoms with E-state index in [1.54, 1.807) is 4.90 Å². The van der Waals surface area contributed by atoms with Crippen molar-refractivity contribution in [3.63, 3.8) is 0 Å². The van der Waals surface area contributed by atoms with Gasteiger partial charge in [0.15, 0.2) is 0 Å². The van der Waals surface area contributed by atoms with E-state index in [0.29, 0.717) is 17.9 Å². The van der Waals surface area contributed by atoms with E-state index in [2.05, 4.69) is 34.4 Å². The monoisotopic (exact) mass is 437 g/mol. The fourth-order valence-electron chi connectivity index (χ4n) is 6.09. The molecule has 168 valence electrons. The maximum Gasteiger partial charge on any atom is 0.316 e. The Balaban J connectivity index is 1.31. The fourth-order valence-corrected chi connectivity index (χ4v) is 6.09. The second-order valence-corrected chi connectivity index (χ2v) is 10.3. The number of aromatic nitrogens is 1. The van der Waals surface area contributed by atoms with Crippen LogP contribution < -0.4 is 20.9 Å². The van der Waals surface area contributed by atoms with E-state index in [0.717, 1.165) is 37.9 Å². The molecule has 7 nitrogen and oxygen atoms in total. The minimum Gasteiger partial charge on any atom is -0.339 e. The van der Waals surface area contributed by atoms with E-state index < -0.39 is 0 Å². The van der Waals surface area contributed by atoms with Crippen molar-refractivity contribution in [1.29, 1.82) is 0 Å². The van der Waals surface area contributed by atoms with Gasteiger partial charge in [-0.2, -0.15) is 0 Å². The number of urea groups is 1. The summed E-state index contributed by atoms with van der Waals surface area (Å²) < 4.78 is 16.9. The number of nitrogens with one attached hydrogen (secondary N) is 3. The predicted octanol–water partition coefficient (Wildman–Crippen LogP) is 2.50. The molecule has 6 rings (SSSR count). The summed E-state index contributed by atoms with van der Waals surface area (Å²) in [5.74, 6) is -0.452. The van der Waals surface area contributed by atoms with Gasteiger partial charge < -0.3 is 20.1 Å². The van der Waals surface area contributed by atoms with E-state index in [1.165, 1.54) is 23.4 Å². The molecule has 1 aromatic carbocycles. The Kier molecular flexibility index (Phi) is 4.21. The molecule has 1 aliphatic carbocycles. The topological polar surface area (TPSA) is 78.4 Å². The number of hydrogen-bond donors (Lipinski definition) is 3. The highest BCUT2D eigenvalue weighted by Gasteiger charge is 2.41. The van der Waals surface area contributed by atoms with Crippen molar-refractivity contribution in [2.75, 3.05) is 18.0 Å². The molecule has 3 amide bonds. The van der Waals surface area contributed by atoms with Gasteiger partial charge in [-0.3, -0.25) is 10.1 Å². The third-order valence-corrected chi connectivity index (χ3v) is 7.47. The quantitative estimate of drug-likeness (QED) is 0.676. The smallest absolute Gasteiger partial charge is 0.316 e. The lowest BCUT2D eigenvalue weighted by molar-refractivity contribution is 0.0964. The molecule has 2 saturated heterocycles. The highest BCUT2D eigenvalue weighted by molar-refractivity contribution is 6.06. The zero-order valence-electron chi connectivity index (χ0n) is 18.4. The van der Waals surface area contributed by atoms with Crippen LogP contribution in [0.3, 0.4) is 0 Å². The number of hydrogen-bond acceptors (Lipinski definition) is 3. The van der Waals surface area contributed by atoms with Gasteiger partial charge in [0.25, 0.3) is 5.91 Å². The van der Waals surface area contributed by atoms with Crippen LogP contribution in [0.2, 0.25) is 0 Å². The van der Waals surface area contributed by atoms with Gasteiger partial charge in [-0.15, -0.1) is 0 Å². The van der Waals surface area contributed by atoms with E-state index in [1.807, 2.05) is 12.1 Å². The third kappa shape index (κ3) is 3.03. The highest BCUT2D eigenvalue weighted by Crippen LogP contribution is 2.40. The summed E-state index contributed by atoms with van der Waals surface area (Å²) in [6.07, 6.45) is 2.58. The standard InChI is InChI=1S/C24H28FN5O2/c1-24(2)11-14-9-18-22(31)29(5-6-30(18)19(14)12-24)16-8-13(7-15(25)10-16)17-3-4-26-21-20(17)27-23(32)28-21/h7-10,17,20-21,26H,3-6,11-12H2,1-2H3,(H2,27,28,32). The molecule has 3 atom stereocenters. The van der Waals surface area contributed by atoms with Crippen LogP contribution in [0.1, 0.15) is 53.5 Å². The third-order valence-electron chi connectivity index (χ3n) is 7.47. The average molecular weight is 438 g/mol. The molecule has 4 heterocycles. The number of carbonyl (C=O) groups excluding carboxylic acids is 2. The second kappa shape index (κ2) is 6.81. The van der Waals surface area contributed by atoms with Crippen LogP contribution in [-0.4, -0.2) is 41.8 Å². The number of carbonyl (C=O) groups is 2. The van der Waals surface area contributed by atoms with Crippen molar-refractivity contribution in [2.45, 2.75) is 57.8 Å². The predicted molar refractivity (Wildman–Crippen MR) is 118 cm³/mol. The lowest BCUT2D eigenvalue weighted by Crippen LogP contribution is -2.53. The van der Waals surface area contributed by atoms with Gasteiger partial charge in [0.2, 0.25) is 0 Å².